The number of benzene rings is 2. The second-order valence-corrected chi connectivity index (χ2v) is 12.2. The second-order valence-electron chi connectivity index (χ2n) is 12.2. The van der Waals surface area contributed by atoms with E-state index in [-0.39, 0.29) is 5.91 Å². The van der Waals surface area contributed by atoms with Crippen LogP contribution in [-0.4, -0.2) is 70.7 Å². The van der Waals surface area contributed by atoms with Gasteiger partial charge in [-0.3, -0.25) is 4.79 Å². The first-order valence-electron chi connectivity index (χ1n) is 15.1. The summed E-state index contributed by atoms with van der Waals surface area (Å²) in [6, 6.07) is 20.4. The van der Waals surface area contributed by atoms with E-state index in [2.05, 4.69) is 66.0 Å². The number of carbonyl (C=O) groups excluding carboxylic acids is 1. The van der Waals surface area contributed by atoms with Crippen LogP contribution in [0.3, 0.4) is 0 Å². The Morgan fingerprint density at radius 3 is 2.50 bits per heavy atom. The summed E-state index contributed by atoms with van der Waals surface area (Å²) in [7, 11) is 2.18. The highest BCUT2D eigenvalue weighted by Gasteiger charge is 2.27. The molecule has 0 aliphatic carbocycles. The molecule has 2 aliphatic heterocycles. The highest BCUT2D eigenvalue weighted by molar-refractivity contribution is 5.84. The van der Waals surface area contributed by atoms with Crippen molar-refractivity contribution in [3.05, 3.63) is 71.9 Å². The van der Waals surface area contributed by atoms with Crippen molar-refractivity contribution in [1.82, 2.24) is 25.0 Å². The Morgan fingerprint density at radius 1 is 0.952 bits per heavy atom. The van der Waals surface area contributed by atoms with Gasteiger partial charge in [-0.1, -0.05) is 20.8 Å². The first-order chi connectivity index (χ1) is 20.3. The molecule has 0 spiro atoms. The summed E-state index contributed by atoms with van der Waals surface area (Å²) in [6.07, 6.45) is 1.72. The Balaban J connectivity index is 1.30. The van der Waals surface area contributed by atoms with E-state index < -0.39 is 0 Å². The minimum Gasteiger partial charge on any atom is -0.457 e. The number of ether oxygens (including phenoxy) is 1. The van der Waals surface area contributed by atoms with Crippen molar-refractivity contribution < 1.29 is 9.53 Å². The third kappa shape index (κ3) is 6.23. The smallest absolute Gasteiger partial charge is 0.223 e. The third-order valence-electron chi connectivity index (χ3n) is 8.32. The summed E-state index contributed by atoms with van der Waals surface area (Å²) in [6.45, 7) is 11.7. The summed E-state index contributed by atoms with van der Waals surface area (Å²) in [5.74, 6) is 3.34. The van der Waals surface area contributed by atoms with Crippen LogP contribution in [0.1, 0.15) is 50.8 Å². The van der Waals surface area contributed by atoms with E-state index in [1.54, 1.807) is 0 Å². The summed E-state index contributed by atoms with van der Waals surface area (Å²) in [5, 5.41) is 9.83. The average Bonchev–Trinajstić information content (AvgIpc) is 3.15. The van der Waals surface area contributed by atoms with Crippen molar-refractivity contribution in [3.63, 3.8) is 0 Å². The van der Waals surface area contributed by atoms with Crippen LogP contribution in [0.15, 0.2) is 60.7 Å². The zero-order valence-corrected chi connectivity index (χ0v) is 25.1. The van der Waals surface area contributed by atoms with Crippen LogP contribution >= 0.6 is 0 Å². The summed E-state index contributed by atoms with van der Waals surface area (Å²) in [5.41, 5.74) is 4.66. The molecule has 2 aromatic heterocycles. The summed E-state index contributed by atoms with van der Waals surface area (Å²) < 4.78 is 6.52. The fourth-order valence-corrected chi connectivity index (χ4v) is 5.81. The van der Waals surface area contributed by atoms with Gasteiger partial charge >= 0.3 is 0 Å². The number of aromatic nitrogens is 3. The minimum atomic E-state index is 0.196. The van der Waals surface area contributed by atoms with Gasteiger partial charge in [0.1, 0.15) is 17.3 Å². The van der Waals surface area contributed by atoms with Gasteiger partial charge in [-0.15, -0.1) is 0 Å². The molecule has 2 aliphatic rings. The predicted molar refractivity (Wildman–Crippen MR) is 167 cm³/mol. The number of carbonyl (C=O) groups is 1. The van der Waals surface area contributed by atoms with Crippen molar-refractivity contribution in [2.24, 2.45) is 5.92 Å². The van der Waals surface area contributed by atoms with Crippen LogP contribution in [0.4, 0.5) is 5.82 Å². The van der Waals surface area contributed by atoms with Crippen molar-refractivity contribution in [2.45, 2.75) is 46.1 Å². The molecule has 1 amide bonds. The Kier molecular flexibility index (Phi) is 8.07. The van der Waals surface area contributed by atoms with E-state index in [0.717, 1.165) is 89.9 Å². The lowest BCUT2D eigenvalue weighted by Gasteiger charge is -2.23. The van der Waals surface area contributed by atoms with Gasteiger partial charge < -0.3 is 19.4 Å². The predicted octanol–water partition coefficient (Wildman–Crippen LogP) is 6.12. The van der Waals surface area contributed by atoms with Crippen LogP contribution in [0.5, 0.6) is 11.5 Å². The maximum absolute atomic E-state index is 12.7. The molecule has 2 saturated heterocycles. The Morgan fingerprint density at radius 2 is 1.79 bits per heavy atom. The van der Waals surface area contributed by atoms with Crippen molar-refractivity contribution in [1.29, 1.82) is 0 Å². The van der Waals surface area contributed by atoms with Gasteiger partial charge in [0, 0.05) is 61.7 Å². The number of anilines is 1. The van der Waals surface area contributed by atoms with E-state index in [1.807, 2.05) is 47.4 Å². The topological polar surface area (TPSA) is 74.7 Å². The number of likely N-dealkylation sites (N-methyl/N-ethyl adjacent to an activating group) is 1. The van der Waals surface area contributed by atoms with Gasteiger partial charge in [-0.25, -0.2) is 4.98 Å². The molecule has 0 bridgehead atoms. The number of pyridine rings is 1. The molecular weight excluding hydrogens is 524 g/mol. The number of likely N-dealkylation sites (tertiary alicyclic amines) is 1. The SMILES string of the molecule is CC(C)c1ccc(-c2ccc(Oc3cc4nc(N5CCCN(C)CC5)ccc4cc3CN3C[C@@H](C)CC3=O)cc2)nn1. The molecule has 42 heavy (non-hydrogen) atoms. The molecule has 1 atom stereocenters. The molecule has 4 aromatic rings. The number of hydrogen-bond acceptors (Lipinski definition) is 7. The monoisotopic (exact) mass is 564 g/mol. The molecule has 2 fully saturated rings. The number of amides is 1. The maximum atomic E-state index is 12.7. The lowest BCUT2D eigenvalue weighted by Crippen LogP contribution is -2.29. The Labute approximate surface area is 248 Å². The number of nitrogens with zero attached hydrogens (tertiary/aromatic N) is 6. The quantitative estimate of drug-likeness (QED) is 0.268. The molecule has 0 N–H and O–H groups in total. The van der Waals surface area contributed by atoms with E-state index in [1.165, 1.54) is 0 Å². The fraction of sp³-hybridized carbons (Fsp3) is 0.412. The van der Waals surface area contributed by atoms with Crippen molar-refractivity contribution >= 4 is 22.6 Å². The van der Waals surface area contributed by atoms with Crippen molar-refractivity contribution in [2.75, 3.05) is 44.7 Å². The molecular formula is C34H40N6O2. The van der Waals surface area contributed by atoms with E-state index in [9.17, 15) is 4.79 Å². The Hall–Kier alpha value is -4.04. The highest BCUT2D eigenvalue weighted by Crippen LogP contribution is 2.34. The lowest BCUT2D eigenvalue weighted by atomic mass is 10.1. The third-order valence-corrected chi connectivity index (χ3v) is 8.32. The van der Waals surface area contributed by atoms with Gasteiger partial charge in [-0.05, 0) is 86.4 Å². The maximum Gasteiger partial charge on any atom is 0.223 e. The molecule has 218 valence electrons. The second kappa shape index (κ2) is 12.1. The molecule has 2 aromatic carbocycles. The first-order valence-corrected chi connectivity index (χ1v) is 15.1. The minimum absolute atomic E-state index is 0.196. The molecule has 8 heteroatoms. The van der Waals surface area contributed by atoms with E-state index in [0.29, 0.717) is 24.8 Å². The van der Waals surface area contributed by atoms with Gasteiger partial charge in [0.05, 0.1) is 16.9 Å². The van der Waals surface area contributed by atoms with E-state index in [4.69, 9.17) is 9.72 Å². The highest BCUT2D eigenvalue weighted by atomic mass is 16.5. The summed E-state index contributed by atoms with van der Waals surface area (Å²) >= 11 is 0. The van der Waals surface area contributed by atoms with Gasteiger partial charge in [0.2, 0.25) is 5.91 Å². The Bertz CT molecular complexity index is 1550. The van der Waals surface area contributed by atoms with Crippen LogP contribution in [0.25, 0.3) is 22.2 Å². The molecule has 8 nitrogen and oxygen atoms in total. The normalized spacial score (nSPS) is 18.2. The fourth-order valence-electron chi connectivity index (χ4n) is 5.81. The zero-order valence-electron chi connectivity index (χ0n) is 25.1. The lowest BCUT2D eigenvalue weighted by molar-refractivity contribution is -0.128. The van der Waals surface area contributed by atoms with Crippen LogP contribution in [0, 0.1) is 5.92 Å². The van der Waals surface area contributed by atoms with Crippen molar-refractivity contribution in [3.8, 4) is 22.8 Å². The largest absolute Gasteiger partial charge is 0.457 e. The molecule has 0 saturated carbocycles. The summed E-state index contributed by atoms with van der Waals surface area (Å²) in [4.78, 5) is 24.4. The van der Waals surface area contributed by atoms with Crippen LogP contribution in [-0.2, 0) is 11.3 Å². The van der Waals surface area contributed by atoms with Crippen LogP contribution < -0.4 is 9.64 Å². The van der Waals surface area contributed by atoms with Gasteiger partial charge in [0.15, 0.2) is 0 Å². The number of rotatable bonds is 7. The first kappa shape index (κ1) is 28.1. The number of fused-ring (bicyclic) bond motifs is 1. The van der Waals surface area contributed by atoms with E-state index >= 15 is 0 Å². The van der Waals surface area contributed by atoms with Crippen LogP contribution in [0.2, 0.25) is 0 Å². The molecule has 0 unspecified atom stereocenters. The number of hydrogen-bond donors (Lipinski definition) is 0. The van der Waals surface area contributed by atoms with Gasteiger partial charge in [0.25, 0.3) is 0 Å². The average molecular weight is 565 g/mol. The molecule has 0 radical (unpaired) electrons. The standard InChI is InChI=1S/C34H40N6O2/c1-23(2)29-11-12-30(37-36-29)25-6-9-28(10-7-25)42-32-20-31-26(19-27(32)22-40-21-24(3)18-34(40)41)8-13-33(35-31)39-15-5-14-38(4)16-17-39/h6-13,19-20,23-24H,5,14-18,21-22H2,1-4H3/t24-/m0/s1. The zero-order chi connectivity index (χ0) is 29.2. The molecule has 4 heterocycles. The molecule has 6 rings (SSSR count). The van der Waals surface area contributed by atoms with Gasteiger partial charge in [-0.2, -0.15) is 10.2 Å².